The second kappa shape index (κ2) is 7.94. The van der Waals surface area contributed by atoms with Crippen molar-refractivity contribution < 1.29 is 4.79 Å². The fourth-order valence-electron chi connectivity index (χ4n) is 5.76. The van der Waals surface area contributed by atoms with E-state index in [9.17, 15) is 4.79 Å². The molecule has 1 aromatic carbocycles. The molecule has 0 radical (unpaired) electrons. The summed E-state index contributed by atoms with van der Waals surface area (Å²) in [5.41, 5.74) is 2.32. The number of unbranched alkanes of at least 4 members (excludes halogenated alkanes) is 5. The third kappa shape index (κ3) is 3.33. The second-order valence-electron chi connectivity index (χ2n) is 8.59. The molecule has 0 N–H and O–H groups in total. The number of Topliss-reactive ketones (excluding diaryl/α,β-unsaturated/α-hetero) is 1. The molecule has 0 amide bonds. The number of ketones is 1. The lowest BCUT2D eigenvalue weighted by molar-refractivity contribution is -0.118. The molecular weight excluding hydrogens is 316 g/mol. The number of allylic oxidation sites excluding steroid dienone is 3. The Morgan fingerprint density at radius 2 is 1.69 bits per heavy atom. The summed E-state index contributed by atoms with van der Waals surface area (Å²) in [6.45, 7) is 2.27. The van der Waals surface area contributed by atoms with Crippen molar-refractivity contribution >= 4 is 11.9 Å². The van der Waals surface area contributed by atoms with E-state index >= 15 is 0 Å². The van der Waals surface area contributed by atoms with Gasteiger partial charge in [0.05, 0.1) is 0 Å². The molecule has 0 aromatic heterocycles. The van der Waals surface area contributed by atoms with Crippen LogP contribution in [0, 0.1) is 29.6 Å². The molecule has 2 fully saturated rings. The van der Waals surface area contributed by atoms with Crippen LogP contribution in [0.5, 0.6) is 0 Å². The van der Waals surface area contributed by atoms with E-state index < -0.39 is 0 Å². The van der Waals surface area contributed by atoms with Crippen LogP contribution in [0.15, 0.2) is 48.1 Å². The van der Waals surface area contributed by atoms with E-state index in [0.717, 1.165) is 5.57 Å². The molecule has 2 saturated carbocycles. The Balaban J connectivity index is 1.50. The van der Waals surface area contributed by atoms with Crippen molar-refractivity contribution in [3.8, 4) is 0 Å². The van der Waals surface area contributed by atoms with Crippen molar-refractivity contribution in [2.45, 2.75) is 58.3 Å². The zero-order valence-corrected chi connectivity index (χ0v) is 16.1. The summed E-state index contributed by atoms with van der Waals surface area (Å²) in [5, 5.41) is 0. The molecule has 1 nitrogen and oxygen atoms in total. The van der Waals surface area contributed by atoms with Gasteiger partial charge in [0.15, 0.2) is 5.78 Å². The van der Waals surface area contributed by atoms with Gasteiger partial charge in [-0.05, 0) is 53.7 Å². The van der Waals surface area contributed by atoms with Crippen LogP contribution >= 0.6 is 0 Å². The molecule has 0 heterocycles. The maximum Gasteiger partial charge on any atom is 0.163 e. The van der Waals surface area contributed by atoms with Crippen molar-refractivity contribution in [1.82, 2.24) is 0 Å². The molecule has 2 bridgehead atoms. The van der Waals surface area contributed by atoms with Crippen molar-refractivity contribution in [3.05, 3.63) is 53.6 Å². The van der Waals surface area contributed by atoms with Crippen molar-refractivity contribution in [2.75, 3.05) is 0 Å². The largest absolute Gasteiger partial charge is 0.294 e. The highest BCUT2D eigenvalue weighted by molar-refractivity contribution is 6.05. The van der Waals surface area contributed by atoms with Crippen molar-refractivity contribution in [2.24, 2.45) is 29.6 Å². The van der Waals surface area contributed by atoms with E-state index in [-0.39, 0.29) is 5.92 Å². The van der Waals surface area contributed by atoms with Gasteiger partial charge in [-0.1, -0.05) is 87.9 Å². The van der Waals surface area contributed by atoms with Crippen LogP contribution in [0.1, 0.15) is 63.9 Å². The Morgan fingerprint density at radius 3 is 2.50 bits per heavy atom. The first kappa shape index (κ1) is 17.8. The first-order chi connectivity index (χ1) is 12.8. The van der Waals surface area contributed by atoms with Gasteiger partial charge in [0.1, 0.15) is 0 Å². The Bertz CT molecular complexity index is 683. The van der Waals surface area contributed by atoms with Gasteiger partial charge in [0.25, 0.3) is 0 Å². The van der Waals surface area contributed by atoms with Crippen LogP contribution in [0.2, 0.25) is 0 Å². The summed E-state index contributed by atoms with van der Waals surface area (Å²) in [4.78, 5) is 13.3. The SMILES string of the molecule is CCCCCCCCC1C(=Cc2ccccc2)C(=O)C2C3C=CC(C3)C12. The number of fused-ring (bicyclic) bond motifs is 5. The zero-order chi connectivity index (χ0) is 17.9. The first-order valence-electron chi connectivity index (χ1n) is 10.8. The Kier molecular flexibility index (Phi) is 5.43. The zero-order valence-electron chi connectivity index (χ0n) is 16.1. The minimum Gasteiger partial charge on any atom is -0.294 e. The van der Waals surface area contributed by atoms with Gasteiger partial charge in [-0.25, -0.2) is 0 Å². The number of hydrogen-bond donors (Lipinski definition) is 0. The maximum atomic E-state index is 13.3. The third-order valence-electron chi connectivity index (χ3n) is 6.96. The van der Waals surface area contributed by atoms with Crippen LogP contribution < -0.4 is 0 Å². The highest BCUT2D eigenvalue weighted by atomic mass is 16.1. The van der Waals surface area contributed by atoms with Gasteiger partial charge in [0.2, 0.25) is 0 Å². The molecule has 0 aliphatic heterocycles. The number of carbonyl (C=O) groups is 1. The van der Waals surface area contributed by atoms with Gasteiger partial charge in [-0.15, -0.1) is 0 Å². The molecule has 0 saturated heterocycles. The summed E-state index contributed by atoms with van der Waals surface area (Å²) in [6, 6.07) is 10.4. The van der Waals surface area contributed by atoms with Crippen LogP contribution in [-0.4, -0.2) is 5.78 Å². The summed E-state index contributed by atoms with van der Waals surface area (Å²) in [5.74, 6) is 2.99. The van der Waals surface area contributed by atoms with Crippen LogP contribution in [0.3, 0.4) is 0 Å². The van der Waals surface area contributed by atoms with Gasteiger partial charge in [-0.2, -0.15) is 0 Å². The normalized spacial score (nSPS) is 33.3. The monoisotopic (exact) mass is 348 g/mol. The number of carbonyl (C=O) groups excluding carboxylic acids is 1. The van der Waals surface area contributed by atoms with Crippen LogP contribution in [0.4, 0.5) is 0 Å². The number of hydrogen-bond acceptors (Lipinski definition) is 1. The Hall–Kier alpha value is -1.63. The van der Waals surface area contributed by atoms with E-state index in [4.69, 9.17) is 0 Å². The average Bonchev–Trinajstić information content (AvgIpc) is 3.34. The average molecular weight is 349 g/mol. The smallest absolute Gasteiger partial charge is 0.163 e. The molecule has 3 aliphatic rings. The van der Waals surface area contributed by atoms with E-state index in [1.807, 2.05) is 6.07 Å². The minimum absolute atomic E-state index is 0.282. The minimum atomic E-state index is 0.282. The number of benzene rings is 1. The topological polar surface area (TPSA) is 17.1 Å². The maximum absolute atomic E-state index is 13.3. The molecular formula is C25H32O. The highest BCUT2D eigenvalue weighted by Gasteiger charge is 2.57. The third-order valence-corrected chi connectivity index (χ3v) is 6.96. The highest BCUT2D eigenvalue weighted by Crippen LogP contribution is 2.59. The molecule has 138 valence electrons. The molecule has 3 aliphatic carbocycles. The first-order valence-corrected chi connectivity index (χ1v) is 10.8. The Morgan fingerprint density at radius 1 is 0.962 bits per heavy atom. The quantitative estimate of drug-likeness (QED) is 0.299. The van der Waals surface area contributed by atoms with Crippen LogP contribution in [0.25, 0.3) is 6.08 Å². The van der Waals surface area contributed by atoms with Gasteiger partial charge >= 0.3 is 0 Å². The van der Waals surface area contributed by atoms with Gasteiger partial charge in [0, 0.05) is 5.92 Å². The van der Waals surface area contributed by atoms with Gasteiger partial charge in [-0.3, -0.25) is 4.79 Å². The fourth-order valence-corrected chi connectivity index (χ4v) is 5.76. The summed E-state index contributed by atoms with van der Waals surface area (Å²) < 4.78 is 0. The predicted molar refractivity (Wildman–Crippen MR) is 109 cm³/mol. The summed E-state index contributed by atoms with van der Waals surface area (Å²) in [7, 11) is 0. The fraction of sp³-hybridized carbons (Fsp3) is 0.560. The van der Waals surface area contributed by atoms with Crippen molar-refractivity contribution in [3.63, 3.8) is 0 Å². The molecule has 4 rings (SSSR count). The lowest BCUT2D eigenvalue weighted by atomic mass is 9.78. The van der Waals surface area contributed by atoms with E-state index in [2.05, 4.69) is 49.4 Å². The molecule has 5 atom stereocenters. The van der Waals surface area contributed by atoms with Crippen molar-refractivity contribution in [1.29, 1.82) is 0 Å². The molecule has 1 heteroatoms. The number of rotatable bonds is 8. The standard InChI is InChI=1S/C25H32O/c1-2-3-4-5-6-10-13-21-22(16-18-11-8-7-9-12-18)25(26)24-20-15-14-19(17-20)23(21)24/h7-9,11-12,14-16,19-21,23-24H,2-6,10,13,17H2,1H3. The molecule has 5 unspecified atom stereocenters. The Labute approximate surface area is 158 Å². The lowest BCUT2D eigenvalue weighted by Gasteiger charge is -2.25. The van der Waals surface area contributed by atoms with E-state index in [0.29, 0.717) is 29.5 Å². The van der Waals surface area contributed by atoms with E-state index in [1.165, 1.54) is 56.9 Å². The van der Waals surface area contributed by atoms with Crippen LogP contribution in [-0.2, 0) is 4.79 Å². The molecule has 26 heavy (non-hydrogen) atoms. The molecule has 0 spiro atoms. The predicted octanol–water partition coefficient (Wildman–Crippen LogP) is 6.46. The second-order valence-corrected chi connectivity index (χ2v) is 8.59. The lowest BCUT2D eigenvalue weighted by Crippen LogP contribution is -2.21. The summed E-state index contributed by atoms with van der Waals surface area (Å²) in [6.07, 6.45) is 17.4. The summed E-state index contributed by atoms with van der Waals surface area (Å²) >= 11 is 0. The molecule has 1 aromatic rings. The van der Waals surface area contributed by atoms with Gasteiger partial charge < -0.3 is 0 Å². The van der Waals surface area contributed by atoms with E-state index in [1.54, 1.807) is 0 Å².